The molecule has 0 amide bonds. The van der Waals surface area contributed by atoms with Crippen LogP contribution in [0.5, 0.6) is 5.75 Å². The zero-order chi connectivity index (χ0) is 12.3. The lowest BCUT2D eigenvalue weighted by atomic mass is 9.81. The van der Waals surface area contributed by atoms with Gasteiger partial charge in [-0.15, -0.1) is 0 Å². The first-order chi connectivity index (χ1) is 7.31. The second-order valence-corrected chi connectivity index (χ2v) is 3.15. The summed E-state index contributed by atoms with van der Waals surface area (Å²) in [5, 5.41) is 17.4. The molecule has 0 radical (unpaired) electrons. The summed E-state index contributed by atoms with van der Waals surface area (Å²) in [6, 6.07) is 1.06. The Morgan fingerprint density at radius 2 is 2.06 bits per heavy atom. The van der Waals surface area contributed by atoms with Gasteiger partial charge < -0.3 is 14.8 Å². The molecule has 1 heterocycles. The smallest absolute Gasteiger partial charge is 0.484 e. The minimum Gasteiger partial charge on any atom is -0.484 e. The monoisotopic (exact) mass is 255 g/mol. The maximum absolute atomic E-state index is 11.9. The van der Waals surface area contributed by atoms with Gasteiger partial charge in [-0.3, -0.25) is 0 Å². The maximum atomic E-state index is 11.9. The molecule has 0 fully saturated rings. The molecule has 0 aromatic carbocycles. The van der Waals surface area contributed by atoms with E-state index in [1.165, 1.54) is 0 Å². The van der Waals surface area contributed by atoms with Crippen molar-refractivity contribution in [1.82, 2.24) is 4.98 Å². The molecule has 0 bridgehead atoms. The van der Waals surface area contributed by atoms with Crippen LogP contribution in [0.4, 0.5) is 13.2 Å². The Bertz CT molecular complexity index is 374. The second-order valence-electron chi connectivity index (χ2n) is 2.79. The predicted molar refractivity (Wildman–Crippen MR) is 50.6 cm³/mol. The van der Waals surface area contributed by atoms with Crippen molar-refractivity contribution in [1.29, 1.82) is 0 Å². The zero-order valence-corrected chi connectivity index (χ0v) is 8.46. The number of ether oxygens (including phenoxy) is 1. The molecular formula is C7H6BClF3NO3. The van der Waals surface area contributed by atoms with Gasteiger partial charge in [-0.25, -0.2) is 4.98 Å². The van der Waals surface area contributed by atoms with Gasteiger partial charge in [-0.05, 0) is 6.07 Å². The Balaban J connectivity index is 2.91. The summed E-state index contributed by atoms with van der Waals surface area (Å²) in [5.74, 6) is -0.368. The Kier molecular flexibility index (Phi) is 4.00. The molecule has 88 valence electrons. The zero-order valence-electron chi connectivity index (χ0n) is 7.70. The minimum absolute atomic E-state index is 0.324. The van der Waals surface area contributed by atoms with Crippen molar-refractivity contribution in [3.05, 3.63) is 17.4 Å². The number of nitrogens with zero attached hydrogens (tertiary/aromatic N) is 1. The van der Waals surface area contributed by atoms with E-state index in [-0.39, 0.29) is 10.9 Å². The molecule has 0 aliphatic carbocycles. The molecule has 0 atom stereocenters. The van der Waals surface area contributed by atoms with Crippen LogP contribution in [0, 0.1) is 0 Å². The van der Waals surface area contributed by atoms with Gasteiger partial charge in [0.15, 0.2) is 6.61 Å². The molecule has 1 aromatic heterocycles. The molecule has 9 heteroatoms. The van der Waals surface area contributed by atoms with Crippen molar-refractivity contribution in [2.45, 2.75) is 6.18 Å². The Morgan fingerprint density at radius 3 is 2.56 bits per heavy atom. The molecule has 0 saturated carbocycles. The van der Waals surface area contributed by atoms with Crippen LogP contribution in [0.25, 0.3) is 0 Å². The van der Waals surface area contributed by atoms with Crippen molar-refractivity contribution >= 4 is 24.2 Å². The van der Waals surface area contributed by atoms with Crippen LogP contribution in [0.3, 0.4) is 0 Å². The van der Waals surface area contributed by atoms with Crippen LogP contribution in [-0.2, 0) is 0 Å². The first kappa shape index (κ1) is 13.1. The van der Waals surface area contributed by atoms with E-state index in [1.54, 1.807) is 0 Å². The van der Waals surface area contributed by atoms with Crippen LogP contribution < -0.4 is 10.2 Å². The number of pyridine rings is 1. The van der Waals surface area contributed by atoms with Crippen LogP contribution in [-0.4, -0.2) is 34.9 Å². The van der Waals surface area contributed by atoms with Gasteiger partial charge >= 0.3 is 13.3 Å². The SMILES string of the molecule is OB(O)c1c(OCC(F)(F)F)ccnc1Cl. The average Bonchev–Trinajstić information content (AvgIpc) is 2.12. The number of alkyl halides is 3. The van der Waals surface area contributed by atoms with Gasteiger partial charge in [0, 0.05) is 6.20 Å². The third-order valence-corrected chi connectivity index (χ3v) is 1.85. The highest BCUT2D eigenvalue weighted by atomic mass is 35.5. The summed E-state index contributed by atoms with van der Waals surface area (Å²) in [6.45, 7) is -1.55. The third-order valence-electron chi connectivity index (χ3n) is 1.55. The fourth-order valence-electron chi connectivity index (χ4n) is 0.951. The first-order valence-corrected chi connectivity index (χ1v) is 4.39. The number of hydrogen-bond acceptors (Lipinski definition) is 4. The summed E-state index contributed by atoms with van der Waals surface area (Å²) in [4.78, 5) is 3.49. The third kappa shape index (κ3) is 3.55. The van der Waals surface area contributed by atoms with Crippen molar-refractivity contribution in [3.8, 4) is 5.75 Å². The molecule has 4 nitrogen and oxygen atoms in total. The van der Waals surface area contributed by atoms with E-state index >= 15 is 0 Å². The molecule has 2 N–H and O–H groups in total. The fraction of sp³-hybridized carbons (Fsp3) is 0.286. The predicted octanol–water partition coefficient (Wildman–Crippen LogP) is 0.356. The highest BCUT2D eigenvalue weighted by molar-refractivity contribution is 6.63. The Hall–Kier alpha value is -0.985. The van der Waals surface area contributed by atoms with Gasteiger partial charge in [0.1, 0.15) is 10.9 Å². The summed E-state index contributed by atoms with van der Waals surface area (Å²) in [5.41, 5.74) is -0.395. The summed E-state index contributed by atoms with van der Waals surface area (Å²) in [7, 11) is -2.05. The lowest BCUT2D eigenvalue weighted by Crippen LogP contribution is -2.34. The molecule has 16 heavy (non-hydrogen) atoms. The normalized spacial score (nSPS) is 11.4. The number of halogens is 4. The minimum atomic E-state index is -4.52. The second kappa shape index (κ2) is 4.90. The molecular weight excluding hydrogens is 249 g/mol. The fourth-order valence-corrected chi connectivity index (χ4v) is 1.20. The van der Waals surface area contributed by atoms with Crippen molar-refractivity contribution in [3.63, 3.8) is 0 Å². The van der Waals surface area contributed by atoms with Gasteiger partial charge in [0.05, 0.1) is 5.46 Å². The van der Waals surface area contributed by atoms with Gasteiger partial charge in [0.2, 0.25) is 0 Å². The molecule has 0 spiro atoms. The number of hydrogen-bond donors (Lipinski definition) is 2. The first-order valence-electron chi connectivity index (χ1n) is 4.01. The van der Waals surface area contributed by atoms with E-state index in [0.717, 1.165) is 12.3 Å². The van der Waals surface area contributed by atoms with Crippen molar-refractivity contribution in [2.24, 2.45) is 0 Å². The van der Waals surface area contributed by atoms with E-state index in [4.69, 9.17) is 21.6 Å². The number of aromatic nitrogens is 1. The maximum Gasteiger partial charge on any atom is 0.495 e. The van der Waals surface area contributed by atoms with E-state index in [9.17, 15) is 13.2 Å². The summed E-state index contributed by atoms with van der Waals surface area (Å²) >= 11 is 5.48. The van der Waals surface area contributed by atoms with E-state index in [1.807, 2.05) is 0 Å². The van der Waals surface area contributed by atoms with Crippen molar-refractivity contribution in [2.75, 3.05) is 6.61 Å². The largest absolute Gasteiger partial charge is 0.495 e. The molecule has 0 aliphatic heterocycles. The average molecular weight is 255 g/mol. The lowest BCUT2D eigenvalue weighted by molar-refractivity contribution is -0.153. The standard InChI is InChI=1S/C7H6BClF3NO3/c9-6-5(8(14)15)4(1-2-13-6)16-3-7(10,11)12/h1-2,14-15H,3H2. The van der Waals surface area contributed by atoms with Gasteiger partial charge in [-0.2, -0.15) is 13.2 Å². The molecule has 1 aromatic rings. The van der Waals surface area contributed by atoms with Crippen LogP contribution in [0.1, 0.15) is 0 Å². The van der Waals surface area contributed by atoms with Crippen LogP contribution in [0.15, 0.2) is 12.3 Å². The van der Waals surface area contributed by atoms with Crippen LogP contribution >= 0.6 is 11.6 Å². The topological polar surface area (TPSA) is 62.6 Å². The van der Waals surface area contributed by atoms with Crippen LogP contribution in [0.2, 0.25) is 5.15 Å². The van der Waals surface area contributed by atoms with E-state index < -0.39 is 25.4 Å². The molecule has 0 aliphatic rings. The highest BCUT2D eigenvalue weighted by Crippen LogP contribution is 2.18. The summed E-state index contributed by atoms with van der Waals surface area (Å²) in [6.07, 6.45) is -3.42. The lowest BCUT2D eigenvalue weighted by Gasteiger charge is -2.13. The van der Waals surface area contributed by atoms with E-state index in [2.05, 4.69) is 9.72 Å². The molecule has 0 unspecified atom stereocenters. The summed E-state index contributed by atoms with van der Waals surface area (Å²) < 4.78 is 40.0. The number of rotatable bonds is 3. The quantitative estimate of drug-likeness (QED) is 0.604. The Labute approximate surface area is 93.8 Å². The van der Waals surface area contributed by atoms with Crippen molar-refractivity contribution < 1.29 is 28.0 Å². The van der Waals surface area contributed by atoms with Gasteiger partial charge in [-0.1, -0.05) is 11.6 Å². The Morgan fingerprint density at radius 1 is 1.44 bits per heavy atom. The highest BCUT2D eigenvalue weighted by Gasteiger charge is 2.30. The van der Waals surface area contributed by atoms with E-state index in [0.29, 0.717) is 0 Å². The van der Waals surface area contributed by atoms with Gasteiger partial charge in [0.25, 0.3) is 0 Å². The molecule has 0 saturated heterocycles. The molecule has 1 rings (SSSR count).